The predicted octanol–water partition coefficient (Wildman–Crippen LogP) is 5.96. The highest BCUT2D eigenvalue weighted by Gasteiger charge is 2.56. The summed E-state index contributed by atoms with van der Waals surface area (Å²) >= 11 is 0. The van der Waals surface area contributed by atoms with Crippen molar-refractivity contribution in [3.8, 4) is 5.75 Å². The topological polar surface area (TPSA) is 121 Å². The molecule has 8 nitrogen and oxygen atoms in total. The summed E-state index contributed by atoms with van der Waals surface area (Å²) in [6, 6.07) is 12.3. The number of pyridine rings is 1. The second-order valence-electron chi connectivity index (χ2n) is 10.9. The minimum atomic E-state index is -5.11. The standard InChI is InChI=1S/C30H31F4N3O5S/c1-5-43(40,41)26-13-18-12-20(36-24(18)16-35-26)15-29(39,30(32,33)34)17-28(2,3)22-11-10-19(31)14-21(22)27(38)37-23-8-6-7-9-25(23)42-4/h6-14,16,36,39H,5,15,17H2,1-4H3,(H,37,38)/t29-/m0/s1. The van der Waals surface area contributed by atoms with E-state index in [0.29, 0.717) is 16.7 Å². The molecule has 13 heteroatoms. The van der Waals surface area contributed by atoms with E-state index in [2.05, 4.69) is 15.3 Å². The second kappa shape index (κ2) is 11.6. The number of benzene rings is 2. The highest BCUT2D eigenvalue weighted by atomic mass is 32.2. The zero-order chi connectivity index (χ0) is 31.8. The van der Waals surface area contributed by atoms with E-state index in [1.54, 1.807) is 24.3 Å². The van der Waals surface area contributed by atoms with Crippen molar-refractivity contribution in [2.75, 3.05) is 18.2 Å². The molecule has 0 aliphatic carbocycles. The van der Waals surface area contributed by atoms with Crippen molar-refractivity contribution in [1.29, 1.82) is 0 Å². The number of fused-ring (bicyclic) bond motifs is 1. The van der Waals surface area contributed by atoms with Gasteiger partial charge in [0, 0.05) is 23.1 Å². The van der Waals surface area contributed by atoms with Gasteiger partial charge in [-0.05, 0) is 53.8 Å². The molecule has 2 heterocycles. The number of ether oxygens (including phenoxy) is 1. The summed E-state index contributed by atoms with van der Waals surface area (Å²) in [6.07, 6.45) is -5.71. The average Bonchev–Trinajstić information content (AvgIpc) is 3.33. The quantitative estimate of drug-likeness (QED) is 0.188. The van der Waals surface area contributed by atoms with Crippen LogP contribution in [0.3, 0.4) is 0 Å². The molecule has 230 valence electrons. The van der Waals surface area contributed by atoms with E-state index < -0.39 is 51.6 Å². The molecule has 4 aromatic rings. The van der Waals surface area contributed by atoms with Crippen molar-refractivity contribution in [3.63, 3.8) is 0 Å². The zero-order valence-corrected chi connectivity index (χ0v) is 24.7. The molecule has 0 unspecified atom stereocenters. The SMILES string of the molecule is CCS(=O)(=O)c1cc2cc(C[C@](O)(CC(C)(C)c3ccc(F)cc3C(=O)Nc3ccccc3OC)C(F)(F)F)[nH]c2cn1. The summed E-state index contributed by atoms with van der Waals surface area (Å²) < 4.78 is 87.6. The molecule has 1 atom stereocenters. The van der Waals surface area contributed by atoms with Crippen molar-refractivity contribution < 1.29 is 40.6 Å². The van der Waals surface area contributed by atoms with Gasteiger partial charge in [0.25, 0.3) is 5.91 Å². The van der Waals surface area contributed by atoms with E-state index in [0.717, 1.165) is 12.1 Å². The number of anilines is 1. The van der Waals surface area contributed by atoms with E-state index in [1.165, 1.54) is 52.3 Å². The number of nitrogens with one attached hydrogen (secondary N) is 2. The van der Waals surface area contributed by atoms with Crippen LogP contribution in [-0.2, 0) is 21.7 Å². The third kappa shape index (κ3) is 6.67. The number of halogens is 4. The number of nitrogens with zero attached hydrogens (tertiary/aromatic N) is 1. The highest BCUT2D eigenvalue weighted by molar-refractivity contribution is 7.91. The van der Waals surface area contributed by atoms with Crippen LogP contribution in [-0.4, -0.2) is 54.0 Å². The molecular formula is C30H31F4N3O5S. The Morgan fingerprint density at radius 1 is 1.09 bits per heavy atom. The minimum absolute atomic E-state index is 0.00767. The van der Waals surface area contributed by atoms with Crippen LogP contribution in [0.1, 0.15) is 48.8 Å². The van der Waals surface area contributed by atoms with Crippen LogP contribution in [0.4, 0.5) is 23.2 Å². The number of methoxy groups -OCH3 is 1. The Balaban J connectivity index is 1.69. The number of amides is 1. The van der Waals surface area contributed by atoms with Crippen LogP contribution >= 0.6 is 0 Å². The Morgan fingerprint density at radius 3 is 2.44 bits per heavy atom. The smallest absolute Gasteiger partial charge is 0.417 e. The number of sulfone groups is 1. The lowest BCUT2D eigenvalue weighted by Gasteiger charge is -2.38. The van der Waals surface area contributed by atoms with Crippen LogP contribution in [0.5, 0.6) is 5.75 Å². The Morgan fingerprint density at radius 2 is 1.79 bits per heavy atom. The van der Waals surface area contributed by atoms with Crippen molar-refractivity contribution in [2.45, 2.75) is 55.8 Å². The third-order valence-corrected chi connectivity index (χ3v) is 8.91. The number of H-pyrrole nitrogens is 1. The minimum Gasteiger partial charge on any atom is -0.495 e. The van der Waals surface area contributed by atoms with Crippen LogP contribution < -0.4 is 10.1 Å². The lowest BCUT2D eigenvalue weighted by Crippen LogP contribution is -2.51. The maximum Gasteiger partial charge on any atom is 0.417 e. The number of para-hydroxylation sites is 2. The lowest BCUT2D eigenvalue weighted by molar-refractivity contribution is -0.266. The molecule has 0 spiro atoms. The van der Waals surface area contributed by atoms with Crippen molar-refractivity contribution >= 4 is 32.3 Å². The summed E-state index contributed by atoms with van der Waals surface area (Å²) in [4.78, 5) is 20.0. The Kier molecular flexibility index (Phi) is 8.63. The zero-order valence-electron chi connectivity index (χ0n) is 23.8. The largest absolute Gasteiger partial charge is 0.495 e. The van der Waals surface area contributed by atoms with Gasteiger partial charge in [-0.2, -0.15) is 13.2 Å². The number of carbonyl (C=O) groups excluding carboxylic acids is 1. The monoisotopic (exact) mass is 621 g/mol. The van der Waals surface area contributed by atoms with Gasteiger partial charge in [-0.3, -0.25) is 4.79 Å². The van der Waals surface area contributed by atoms with Gasteiger partial charge < -0.3 is 20.1 Å². The first-order chi connectivity index (χ1) is 20.0. The van der Waals surface area contributed by atoms with Crippen molar-refractivity contribution in [2.24, 2.45) is 0 Å². The van der Waals surface area contributed by atoms with Crippen LogP contribution in [0.2, 0.25) is 0 Å². The fourth-order valence-corrected chi connectivity index (χ4v) is 5.94. The van der Waals surface area contributed by atoms with Gasteiger partial charge in [-0.15, -0.1) is 0 Å². The molecule has 0 bridgehead atoms. The number of rotatable bonds is 10. The van der Waals surface area contributed by atoms with Gasteiger partial charge in [-0.25, -0.2) is 17.8 Å². The fraction of sp³-hybridized carbons (Fsp3) is 0.333. The molecular weight excluding hydrogens is 590 g/mol. The molecule has 0 radical (unpaired) electrons. The van der Waals surface area contributed by atoms with Crippen LogP contribution in [0, 0.1) is 5.82 Å². The number of carbonyl (C=O) groups is 1. The summed E-state index contributed by atoms with van der Waals surface area (Å²) in [7, 11) is -2.25. The van der Waals surface area contributed by atoms with Gasteiger partial charge in [0.2, 0.25) is 0 Å². The number of hydrogen-bond acceptors (Lipinski definition) is 6. The number of hydrogen-bond donors (Lipinski definition) is 3. The van der Waals surface area contributed by atoms with Gasteiger partial charge in [0.05, 0.1) is 30.3 Å². The number of aromatic amines is 1. The first kappa shape index (κ1) is 32.0. The summed E-state index contributed by atoms with van der Waals surface area (Å²) in [5, 5.41) is 13.9. The molecule has 0 aliphatic rings. The van der Waals surface area contributed by atoms with Crippen LogP contribution in [0.15, 0.2) is 65.8 Å². The number of alkyl halides is 3. The molecule has 43 heavy (non-hydrogen) atoms. The van der Waals surface area contributed by atoms with Gasteiger partial charge in [0.1, 0.15) is 11.6 Å². The molecule has 2 aromatic carbocycles. The fourth-order valence-electron chi connectivity index (χ4n) is 5.12. The Bertz CT molecular complexity index is 1770. The summed E-state index contributed by atoms with van der Waals surface area (Å²) in [5.74, 6) is -1.42. The van der Waals surface area contributed by atoms with E-state index in [-0.39, 0.29) is 33.3 Å². The lowest BCUT2D eigenvalue weighted by atomic mass is 9.72. The Hall–Kier alpha value is -3.97. The molecule has 2 aromatic heterocycles. The maximum absolute atomic E-state index is 14.5. The molecule has 0 saturated carbocycles. The molecule has 4 rings (SSSR count). The summed E-state index contributed by atoms with van der Waals surface area (Å²) in [5.41, 5.74) is -4.36. The molecule has 0 saturated heterocycles. The van der Waals surface area contributed by atoms with E-state index in [1.807, 2.05) is 0 Å². The molecule has 3 N–H and O–H groups in total. The summed E-state index contributed by atoms with van der Waals surface area (Å²) in [6.45, 7) is 4.30. The Labute approximate surface area is 246 Å². The van der Waals surface area contributed by atoms with Gasteiger partial charge in [-0.1, -0.05) is 39.0 Å². The number of aliphatic hydroxyl groups is 1. The van der Waals surface area contributed by atoms with E-state index >= 15 is 0 Å². The van der Waals surface area contributed by atoms with Gasteiger partial charge >= 0.3 is 6.18 Å². The molecule has 0 fully saturated rings. The predicted molar refractivity (Wildman–Crippen MR) is 154 cm³/mol. The van der Waals surface area contributed by atoms with Crippen molar-refractivity contribution in [3.05, 3.63) is 83.4 Å². The molecule has 0 aliphatic heterocycles. The number of aromatic nitrogens is 2. The second-order valence-corrected chi connectivity index (χ2v) is 13.1. The maximum atomic E-state index is 14.5. The normalized spacial score (nSPS) is 14.0. The van der Waals surface area contributed by atoms with Gasteiger partial charge in [0.15, 0.2) is 20.5 Å². The average molecular weight is 622 g/mol. The van der Waals surface area contributed by atoms with Crippen molar-refractivity contribution in [1.82, 2.24) is 9.97 Å². The van der Waals surface area contributed by atoms with E-state index in [9.17, 15) is 35.9 Å². The first-order valence-corrected chi connectivity index (χ1v) is 14.9. The highest BCUT2D eigenvalue weighted by Crippen LogP contribution is 2.44. The van der Waals surface area contributed by atoms with Crippen LogP contribution in [0.25, 0.3) is 10.9 Å². The van der Waals surface area contributed by atoms with E-state index in [4.69, 9.17) is 4.74 Å². The third-order valence-electron chi connectivity index (χ3n) is 7.29. The first-order valence-electron chi connectivity index (χ1n) is 13.2. The molecule has 1 amide bonds.